The van der Waals surface area contributed by atoms with Gasteiger partial charge in [0.15, 0.2) is 5.84 Å². The largest absolute Gasteiger partial charge is 0.496 e. The van der Waals surface area contributed by atoms with E-state index in [0.717, 1.165) is 4.90 Å². The number of rotatable bonds is 5. The molecule has 20 heavy (non-hydrogen) atoms. The number of methoxy groups -OCH3 is 1. The number of hydrogen-bond acceptors (Lipinski definition) is 4. The second kappa shape index (κ2) is 6.47. The van der Waals surface area contributed by atoms with Crippen molar-refractivity contribution in [1.82, 2.24) is 4.90 Å². The Labute approximate surface area is 114 Å². The summed E-state index contributed by atoms with van der Waals surface area (Å²) in [5, 5.41) is 11.5. The average Bonchev–Trinajstić information content (AvgIpc) is 2.35. The number of alkyl halides is 3. The van der Waals surface area contributed by atoms with Crippen LogP contribution in [0.4, 0.5) is 13.2 Å². The highest BCUT2D eigenvalue weighted by molar-refractivity contribution is 5.97. The van der Waals surface area contributed by atoms with E-state index in [-0.39, 0.29) is 12.4 Å². The van der Waals surface area contributed by atoms with Gasteiger partial charge in [0.25, 0.3) is 0 Å². The molecule has 0 bridgehead atoms. The number of nitrogens with two attached hydrogens (primary N) is 1. The quantitative estimate of drug-likeness (QED) is 0.375. The van der Waals surface area contributed by atoms with Gasteiger partial charge in [0.1, 0.15) is 5.75 Å². The number of ether oxygens (including phenoxy) is 1. The van der Waals surface area contributed by atoms with Crippen molar-refractivity contribution in [3.05, 3.63) is 29.3 Å². The summed E-state index contributed by atoms with van der Waals surface area (Å²) in [4.78, 5) is 1.11. The lowest BCUT2D eigenvalue weighted by Gasteiger charge is -2.20. The highest BCUT2D eigenvalue weighted by Crippen LogP contribution is 2.23. The molecule has 1 rings (SSSR count). The fourth-order valence-electron chi connectivity index (χ4n) is 1.77. The third kappa shape index (κ3) is 4.61. The van der Waals surface area contributed by atoms with Crippen LogP contribution in [0.3, 0.4) is 0 Å². The van der Waals surface area contributed by atoms with Gasteiger partial charge in [-0.25, -0.2) is 0 Å². The van der Waals surface area contributed by atoms with E-state index < -0.39 is 12.7 Å². The number of amidine groups is 1. The van der Waals surface area contributed by atoms with E-state index in [0.29, 0.717) is 16.9 Å². The molecule has 0 fully saturated rings. The summed E-state index contributed by atoms with van der Waals surface area (Å²) >= 11 is 0. The summed E-state index contributed by atoms with van der Waals surface area (Å²) in [6.45, 7) is -1.01. The number of nitrogens with zero attached hydrogens (tertiary/aromatic N) is 2. The molecule has 0 amide bonds. The first kappa shape index (κ1) is 16.1. The standard InChI is InChI=1S/C12H16F3N3O2/c1-18(7-12(13,14)15)6-9-5-8(11(16)17-19)3-4-10(9)20-2/h3-5,19H,6-7H2,1-2H3,(H2,16,17). The van der Waals surface area contributed by atoms with E-state index in [1.165, 1.54) is 20.2 Å². The van der Waals surface area contributed by atoms with Crippen LogP contribution in [0.5, 0.6) is 5.75 Å². The molecule has 3 N–H and O–H groups in total. The molecule has 0 saturated carbocycles. The molecule has 0 aliphatic rings. The fraction of sp³-hybridized carbons (Fsp3) is 0.417. The first-order valence-corrected chi connectivity index (χ1v) is 5.67. The molecule has 1 aromatic carbocycles. The SMILES string of the molecule is COc1ccc(/C(N)=N/O)cc1CN(C)CC(F)(F)F. The third-order valence-corrected chi connectivity index (χ3v) is 2.57. The molecule has 0 heterocycles. The minimum absolute atomic E-state index is 0.0230. The van der Waals surface area contributed by atoms with Gasteiger partial charge in [-0.1, -0.05) is 5.16 Å². The highest BCUT2D eigenvalue weighted by Gasteiger charge is 2.29. The summed E-state index contributed by atoms with van der Waals surface area (Å²) in [6, 6.07) is 4.64. The summed E-state index contributed by atoms with van der Waals surface area (Å²) in [7, 11) is 2.77. The smallest absolute Gasteiger partial charge is 0.401 e. The van der Waals surface area contributed by atoms with Crippen LogP contribution >= 0.6 is 0 Å². The Kier molecular flexibility index (Phi) is 5.20. The molecule has 0 aromatic heterocycles. The van der Waals surface area contributed by atoms with Crippen molar-refractivity contribution in [2.45, 2.75) is 12.7 Å². The van der Waals surface area contributed by atoms with Crippen LogP contribution in [-0.2, 0) is 6.54 Å². The van der Waals surface area contributed by atoms with Crippen molar-refractivity contribution in [1.29, 1.82) is 0 Å². The molecule has 1 aromatic rings. The Balaban J connectivity index is 2.97. The second-order valence-electron chi connectivity index (χ2n) is 4.30. The van der Waals surface area contributed by atoms with E-state index in [4.69, 9.17) is 15.7 Å². The number of oxime groups is 1. The molecule has 5 nitrogen and oxygen atoms in total. The lowest BCUT2D eigenvalue weighted by Crippen LogP contribution is -2.30. The maximum atomic E-state index is 12.3. The van der Waals surface area contributed by atoms with Gasteiger partial charge in [-0.3, -0.25) is 4.90 Å². The topological polar surface area (TPSA) is 71.1 Å². The van der Waals surface area contributed by atoms with Crippen LogP contribution in [-0.4, -0.2) is 42.8 Å². The molecule has 0 radical (unpaired) electrons. The summed E-state index contributed by atoms with van der Waals surface area (Å²) in [6.07, 6.45) is -4.27. The minimum Gasteiger partial charge on any atom is -0.496 e. The van der Waals surface area contributed by atoms with Gasteiger partial charge in [0, 0.05) is 17.7 Å². The van der Waals surface area contributed by atoms with Crippen LogP contribution in [0.15, 0.2) is 23.4 Å². The van der Waals surface area contributed by atoms with Crippen LogP contribution in [0, 0.1) is 0 Å². The van der Waals surface area contributed by atoms with Gasteiger partial charge in [-0.2, -0.15) is 13.2 Å². The van der Waals surface area contributed by atoms with Gasteiger partial charge in [-0.05, 0) is 25.2 Å². The summed E-state index contributed by atoms with van der Waals surface area (Å²) < 4.78 is 42.0. The van der Waals surface area contributed by atoms with Crippen molar-refractivity contribution < 1.29 is 23.1 Å². The maximum Gasteiger partial charge on any atom is 0.401 e. The van der Waals surface area contributed by atoms with Gasteiger partial charge < -0.3 is 15.7 Å². The number of hydrogen-bond donors (Lipinski definition) is 2. The molecule has 112 valence electrons. The van der Waals surface area contributed by atoms with Gasteiger partial charge in [0.05, 0.1) is 13.7 Å². The Bertz CT molecular complexity index is 489. The van der Waals surface area contributed by atoms with Crippen LogP contribution < -0.4 is 10.5 Å². The van der Waals surface area contributed by atoms with E-state index in [1.54, 1.807) is 12.1 Å². The van der Waals surface area contributed by atoms with Crippen molar-refractivity contribution >= 4 is 5.84 Å². The van der Waals surface area contributed by atoms with Gasteiger partial charge in [-0.15, -0.1) is 0 Å². The first-order valence-electron chi connectivity index (χ1n) is 5.67. The monoisotopic (exact) mass is 291 g/mol. The zero-order valence-electron chi connectivity index (χ0n) is 11.1. The third-order valence-electron chi connectivity index (χ3n) is 2.57. The van der Waals surface area contributed by atoms with E-state index in [1.807, 2.05) is 0 Å². The van der Waals surface area contributed by atoms with E-state index in [2.05, 4.69) is 5.16 Å². The van der Waals surface area contributed by atoms with Crippen molar-refractivity contribution in [2.75, 3.05) is 20.7 Å². The summed E-state index contributed by atoms with van der Waals surface area (Å²) in [5.41, 5.74) is 6.38. The molecule has 0 spiro atoms. The van der Waals surface area contributed by atoms with E-state index >= 15 is 0 Å². The second-order valence-corrected chi connectivity index (χ2v) is 4.30. The van der Waals surface area contributed by atoms with Crippen LogP contribution in [0.25, 0.3) is 0 Å². The Hall–Kier alpha value is -1.96. The molecule has 0 aliphatic heterocycles. The van der Waals surface area contributed by atoms with Crippen LogP contribution in [0.1, 0.15) is 11.1 Å². The fourth-order valence-corrected chi connectivity index (χ4v) is 1.77. The molecule has 0 atom stereocenters. The van der Waals surface area contributed by atoms with Crippen LogP contribution in [0.2, 0.25) is 0 Å². The Morgan fingerprint density at radius 1 is 1.45 bits per heavy atom. The normalized spacial score (nSPS) is 12.8. The van der Waals surface area contributed by atoms with Crippen molar-refractivity contribution in [3.8, 4) is 5.75 Å². The van der Waals surface area contributed by atoms with E-state index in [9.17, 15) is 13.2 Å². The summed E-state index contributed by atoms with van der Waals surface area (Å²) in [5.74, 6) is 0.320. The zero-order chi connectivity index (χ0) is 15.3. The number of benzene rings is 1. The van der Waals surface area contributed by atoms with Crippen molar-refractivity contribution in [2.24, 2.45) is 10.9 Å². The zero-order valence-corrected chi connectivity index (χ0v) is 11.1. The molecular formula is C12H16F3N3O2. The molecule has 8 heteroatoms. The van der Waals surface area contributed by atoms with Gasteiger partial charge >= 0.3 is 6.18 Å². The molecule has 0 aliphatic carbocycles. The average molecular weight is 291 g/mol. The minimum atomic E-state index is -4.27. The van der Waals surface area contributed by atoms with Gasteiger partial charge in [0.2, 0.25) is 0 Å². The highest BCUT2D eigenvalue weighted by atomic mass is 19.4. The predicted molar refractivity (Wildman–Crippen MR) is 67.9 cm³/mol. The molecule has 0 unspecified atom stereocenters. The lowest BCUT2D eigenvalue weighted by atomic mass is 10.1. The molecule has 0 saturated heterocycles. The lowest BCUT2D eigenvalue weighted by molar-refractivity contribution is -0.144. The van der Waals surface area contributed by atoms with Crippen molar-refractivity contribution in [3.63, 3.8) is 0 Å². The maximum absolute atomic E-state index is 12.3. The Morgan fingerprint density at radius 3 is 2.60 bits per heavy atom. The first-order chi connectivity index (χ1) is 9.26. The predicted octanol–water partition coefficient (Wildman–Crippen LogP) is 1.78. The number of halogens is 3. The molecular weight excluding hydrogens is 275 g/mol. The Morgan fingerprint density at radius 2 is 2.10 bits per heavy atom.